The van der Waals surface area contributed by atoms with E-state index in [1.807, 2.05) is 31.2 Å². The Hall–Kier alpha value is -2.73. The zero-order valence-corrected chi connectivity index (χ0v) is 15.7. The number of benzene rings is 1. The highest BCUT2D eigenvalue weighted by Gasteiger charge is 2.26. The minimum Gasteiger partial charge on any atom is -0.361 e. The maximum absolute atomic E-state index is 11.2. The lowest BCUT2D eigenvalue weighted by Gasteiger charge is -2.34. The number of carbonyl (C=O) groups excluding carboxylic acids is 1. The Labute approximate surface area is 158 Å². The number of rotatable bonds is 4. The van der Waals surface area contributed by atoms with Crippen LogP contribution >= 0.6 is 0 Å². The smallest absolute Gasteiger partial charge is 0.221 e. The predicted molar refractivity (Wildman–Crippen MR) is 104 cm³/mol. The lowest BCUT2D eigenvalue weighted by molar-refractivity contribution is -0.114. The van der Waals surface area contributed by atoms with Crippen molar-refractivity contribution in [3.8, 4) is 0 Å². The van der Waals surface area contributed by atoms with Crippen molar-refractivity contribution in [2.45, 2.75) is 45.7 Å². The van der Waals surface area contributed by atoms with Crippen molar-refractivity contribution in [2.75, 3.05) is 11.9 Å². The van der Waals surface area contributed by atoms with Crippen LogP contribution in [0, 0.1) is 6.92 Å². The van der Waals surface area contributed by atoms with Crippen LogP contribution in [-0.4, -0.2) is 27.5 Å². The SMILES string of the molecule is CC(=O)Nc1ccc2nc(CN3CCCC[C@@H]3c3cc(C)on3)ccc2c1. The van der Waals surface area contributed by atoms with Crippen molar-refractivity contribution in [2.24, 2.45) is 0 Å². The number of nitrogens with one attached hydrogen (secondary N) is 1. The van der Waals surface area contributed by atoms with Crippen LogP contribution in [0.2, 0.25) is 0 Å². The van der Waals surface area contributed by atoms with Crippen LogP contribution in [0.5, 0.6) is 0 Å². The molecule has 140 valence electrons. The molecule has 3 heterocycles. The first-order valence-electron chi connectivity index (χ1n) is 9.43. The normalized spacial score (nSPS) is 17.9. The molecule has 0 bridgehead atoms. The minimum atomic E-state index is -0.0711. The summed E-state index contributed by atoms with van der Waals surface area (Å²) in [4.78, 5) is 18.5. The van der Waals surface area contributed by atoms with Gasteiger partial charge in [0.05, 0.1) is 17.3 Å². The molecule has 3 aromatic rings. The zero-order valence-electron chi connectivity index (χ0n) is 15.7. The summed E-state index contributed by atoms with van der Waals surface area (Å²) in [6, 6.07) is 12.3. The van der Waals surface area contributed by atoms with Gasteiger partial charge in [0, 0.05) is 30.6 Å². The first kappa shape index (κ1) is 17.7. The summed E-state index contributed by atoms with van der Waals surface area (Å²) in [6.45, 7) is 5.28. The molecule has 6 nitrogen and oxygen atoms in total. The Morgan fingerprint density at radius 1 is 1.26 bits per heavy atom. The Kier molecular flexibility index (Phi) is 4.90. The first-order chi connectivity index (χ1) is 13.1. The summed E-state index contributed by atoms with van der Waals surface area (Å²) in [7, 11) is 0. The molecule has 4 rings (SSSR count). The highest BCUT2D eigenvalue weighted by Crippen LogP contribution is 2.31. The molecule has 0 unspecified atom stereocenters. The van der Waals surface area contributed by atoms with Gasteiger partial charge in [-0.15, -0.1) is 0 Å². The fraction of sp³-hybridized carbons (Fsp3) is 0.381. The summed E-state index contributed by atoms with van der Waals surface area (Å²) in [5.74, 6) is 0.785. The Bertz CT molecular complexity index is 966. The number of pyridine rings is 1. The molecule has 1 atom stereocenters. The highest BCUT2D eigenvalue weighted by molar-refractivity contribution is 5.92. The zero-order chi connectivity index (χ0) is 18.8. The minimum absolute atomic E-state index is 0.0711. The molecule has 27 heavy (non-hydrogen) atoms. The molecule has 1 fully saturated rings. The van der Waals surface area contributed by atoms with E-state index < -0.39 is 0 Å². The van der Waals surface area contributed by atoms with E-state index in [1.54, 1.807) is 0 Å². The summed E-state index contributed by atoms with van der Waals surface area (Å²) in [5.41, 5.74) is 3.80. The van der Waals surface area contributed by atoms with Gasteiger partial charge >= 0.3 is 0 Å². The third-order valence-corrected chi connectivity index (χ3v) is 5.03. The van der Waals surface area contributed by atoms with Crippen molar-refractivity contribution >= 4 is 22.5 Å². The number of aryl methyl sites for hydroxylation is 1. The van der Waals surface area contributed by atoms with Gasteiger partial charge in [0.25, 0.3) is 0 Å². The molecule has 1 saturated heterocycles. The van der Waals surface area contributed by atoms with E-state index in [4.69, 9.17) is 9.51 Å². The molecule has 1 aromatic carbocycles. The molecule has 0 radical (unpaired) electrons. The van der Waals surface area contributed by atoms with Gasteiger partial charge in [0.2, 0.25) is 5.91 Å². The van der Waals surface area contributed by atoms with Crippen molar-refractivity contribution in [1.82, 2.24) is 15.0 Å². The monoisotopic (exact) mass is 364 g/mol. The van der Waals surface area contributed by atoms with E-state index >= 15 is 0 Å². The Morgan fingerprint density at radius 3 is 2.93 bits per heavy atom. The summed E-state index contributed by atoms with van der Waals surface area (Å²) in [5, 5.41) is 8.08. The van der Waals surface area contributed by atoms with E-state index in [0.29, 0.717) is 0 Å². The van der Waals surface area contributed by atoms with Crippen LogP contribution in [0.1, 0.15) is 49.4 Å². The molecular weight excluding hydrogens is 340 g/mol. The molecule has 2 aromatic heterocycles. The third kappa shape index (κ3) is 4.01. The van der Waals surface area contributed by atoms with Gasteiger partial charge in [0.1, 0.15) is 11.5 Å². The quantitative estimate of drug-likeness (QED) is 0.750. The molecule has 1 aliphatic rings. The van der Waals surface area contributed by atoms with E-state index in [-0.39, 0.29) is 11.9 Å². The lowest BCUT2D eigenvalue weighted by atomic mass is 9.99. The van der Waals surface area contributed by atoms with Crippen LogP contribution in [0.15, 0.2) is 40.9 Å². The standard InChI is InChI=1S/C21H24N4O2/c1-14-11-20(24-27-14)21-5-3-4-10-25(21)13-18-7-6-16-12-17(22-15(2)26)8-9-19(16)23-18/h6-9,11-12,21H,3-5,10,13H2,1-2H3,(H,22,26)/t21-/m1/s1. The maximum Gasteiger partial charge on any atom is 0.221 e. The number of likely N-dealkylation sites (tertiary alicyclic amines) is 1. The van der Waals surface area contributed by atoms with Crippen molar-refractivity contribution < 1.29 is 9.32 Å². The average Bonchev–Trinajstić information content (AvgIpc) is 3.08. The van der Waals surface area contributed by atoms with Gasteiger partial charge < -0.3 is 9.84 Å². The largest absolute Gasteiger partial charge is 0.361 e. The second kappa shape index (κ2) is 7.48. The van der Waals surface area contributed by atoms with Crippen LogP contribution in [-0.2, 0) is 11.3 Å². The molecule has 1 aliphatic heterocycles. The number of aromatic nitrogens is 2. The van der Waals surface area contributed by atoms with Gasteiger partial charge in [0.15, 0.2) is 0 Å². The summed E-state index contributed by atoms with van der Waals surface area (Å²) < 4.78 is 5.29. The number of nitrogens with zero attached hydrogens (tertiary/aromatic N) is 3. The number of hydrogen-bond donors (Lipinski definition) is 1. The fourth-order valence-corrected chi connectivity index (χ4v) is 3.80. The predicted octanol–water partition coefficient (Wildman–Crippen LogP) is 4.22. The molecule has 1 N–H and O–H groups in total. The third-order valence-electron chi connectivity index (χ3n) is 5.03. The molecule has 1 amide bonds. The van der Waals surface area contributed by atoms with Crippen LogP contribution in [0.3, 0.4) is 0 Å². The maximum atomic E-state index is 11.2. The van der Waals surface area contributed by atoms with Gasteiger partial charge in [-0.05, 0) is 50.6 Å². The molecule has 0 spiro atoms. The van der Waals surface area contributed by atoms with E-state index in [2.05, 4.69) is 27.5 Å². The second-order valence-electron chi connectivity index (χ2n) is 7.24. The van der Waals surface area contributed by atoms with Crippen LogP contribution < -0.4 is 5.32 Å². The number of hydrogen-bond acceptors (Lipinski definition) is 5. The average molecular weight is 364 g/mol. The van der Waals surface area contributed by atoms with Gasteiger partial charge in [-0.1, -0.05) is 17.6 Å². The van der Waals surface area contributed by atoms with Crippen molar-refractivity contribution in [3.63, 3.8) is 0 Å². The second-order valence-corrected chi connectivity index (χ2v) is 7.24. The number of carbonyl (C=O) groups is 1. The molecule has 6 heteroatoms. The first-order valence-corrected chi connectivity index (χ1v) is 9.43. The van der Waals surface area contributed by atoms with Gasteiger partial charge in [-0.25, -0.2) is 0 Å². The Morgan fingerprint density at radius 2 is 2.15 bits per heavy atom. The fourth-order valence-electron chi connectivity index (χ4n) is 3.80. The van der Waals surface area contributed by atoms with Crippen molar-refractivity contribution in [3.05, 3.63) is 53.5 Å². The van der Waals surface area contributed by atoms with E-state index in [0.717, 1.165) is 53.2 Å². The molecule has 0 saturated carbocycles. The van der Waals surface area contributed by atoms with E-state index in [9.17, 15) is 4.79 Å². The topological polar surface area (TPSA) is 71.3 Å². The van der Waals surface area contributed by atoms with Crippen LogP contribution in [0.4, 0.5) is 5.69 Å². The summed E-state index contributed by atoms with van der Waals surface area (Å²) >= 11 is 0. The molecular formula is C21H24N4O2. The number of piperidine rings is 1. The van der Waals surface area contributed by atoms with Gasteiger partial charge in [-0.2, -0.15) is 0 Å². The highest BCUT2D eigenvalue weighted by atomic mass is 16.5. The van der Waals surface area contributed by atoms with E-state index in [1.165, 1.54) is 19.8 Å². The summed E-state index contributed by atoms with van der Waals surface area (Å²) in [6.07, 6.45) is 3.50. The molecule has 0 aliphatic carbocycles. The number of anilines is 1. The van der Waals surface area contributed by atoms with Crippen molar-refractivity contribution in [1.29, 1.82) is 0 Å². The van der Waals surface area contributed by atoms with Crippen LogP contribution in [0.25, 0.3) is 10.9 Å². The lowest BCUT2D eigenvalue weighted by Crippen LogP contribution is -2.33. The number of fused-ring (bicyclic) bond motifs is 1. The Balaban J connectivity index is 1.55. The van der Waals surface area contributed by atoms with Gasteiger partial charge in [-0.3, -0.25) is 14.7 Å². The number of amides is 1.